The Hall–Kier alpha value is -0.120. The van der Waals surface area contributed by atoms with Crippen LogP contribution >= 0.6 is 0 Å². The molecule has 84 valence electrons. The van der Waals surface area contributed by atoms with Crippen LogP contribution in [0.2, 0.25) is 0 Å². The molecule has 0 amide bonds. The van der Waals surface area contributed by atoms with Crippen molar-refractivity contribution in [3.8, 4) is 0 Å². The zero-order valence-electron chi connectivity index (χ0n) is 9.50. The highest BCUT2D eigenvalue weighted by molar-refractivity contribution is 4.76. The molecule has 2 unspecified atom stereocenters. The molecule has 0 aromatic heterocycles. The second kappa shape index (κ2) is 6.38. The zero-order chi connectivity index (χ0) is 10.4. The minimum atomic E-state index is 0.312. The lowest BCUT2D eigenvalue weighted by Crippen LogP contribution is -2.52. The normalized spacial score (nSPS) is 29.4. The van der Waals surface area contributed by atoms with Crippen LogP contribution in [0.15, 0.2) is 0 Å². The van der Waals surface area contributed by atoms with Gasteiger partial charge in [-0.25, -0.2) is 5.01 Å². The molecule has 0 saturated carbocycles. The molecule has 0 aromatic rings. The van der Waals surface area contributed by atoms with Gasteiger partial charge < -0.3 is 5.11 Å². The maximum absolute atomic E-state index is 8.67. The summed E-state index contributed by atoms with van der Waals surface area (Å²) in [6.07, 6.45) is 5.93. The summed E-state index contributed by atoms with van der Waals surface area (Å²) in [6.45, 7) is 5.88. The zero-order valence-corrected chi connectivity index (χ0v) is 9.50. The molecule has 0 aliphatic carbocycles. The molecule has 1 saturated heterocycles. The smallest absolute Gasteiger partial charge is 0.0431 e. The fourth-order valence-corrected chi connectivity index (χ4v) is 2.18. The summed E-state index contributed by atoms with van der Waals surface area (Å²) < 4.78 is 0. The van der Waals surface area contributed by atoms with E-state index in [1.165, 1.54) is 19.3 Å². The number of piperidine rings is 1. The molecule has 2 atom stereocenters. The van der Waals surface area contributed by atoms with Crippen LogP contribution in [0.3, 0.4) is 0 Å². The molecule has 2 N–H and O–H groups in total. The minimum Gasteiger partial charge on any atom is -0.396 e. The van der Waals surface area contributed by atoms with E-state index in [9.17, 15) is 0 Å². The van der Waals surface area contributed by atoms with Gasteiger partial charge in [0.25, 0.3) is 0 Å². The average molecular weight is 200 g/mol. The van der Waals surface area contributed by atoms with Crippen LogP contribution in [0.5, 0.6) is 0 Å². The van der Waals surface area contributed by atoms with E-state index in [1.54, 1.807) is 0 Å². The first-order chi connectivity index (χ1) is 6.75. The van der Waals surface area contributed by atoms with Gasteiger partial charge in [-0.2, -0.15) is 0 Å². The van der Waals surface area contributed by atoms with Gasteiger partial charge in [-0.05, 0) is 39.5 Å². The molecule has 1 aliphatic rings. The Kier molecular flexibility index (Phi) is 5.45. The van der Waals surface area contributed by atoms with Crippen molar-refractivity contribution in [2.45, 2.75) is 58.0 Å². The number of rotatable bonds is 5. The van der Waals surface area contributed by atoms with Crippen LogP contribution in [-0.2, 0) is 0 Å². The van der Waals surface area contributed by atoms with E-state index in [-0.39, 0.29) is 0 Å². The van der Waals surface area contributed by atoms with E-state index in [0.717, 1.165) is 19.4 Å². The summed E-state index contributed by atoms with van der Waals surface area (Å²) >= 11 is 0. The van der Waals surface area contributed by atoms with Gasteiger partial charge in [-0.15, -0.1) is 0 Å². The van der Waals surface area contributed by atoms with E-state index in [0.29, 0.717) is 18.7 Å². The molecular weight excluding hydrogens is 176 g/mol. The summed E-state index contributed by atoms with van der Waals surface area (Å²) in [5.41, 5.74) is 3.48. The van der Waals surface area contributed by atoms with E-state index >= 15 is 0 Å². The van der Waals surface area contributed by atoms with Crippen molar-refractivity contribution in [2.24, 2.45) is 0 Å². The van der Waals surface area contributed by atoms with Gasteiger partial charge in [-0.1, -0.05) is 6.42 Å². The van der Waals surface area contributed by atoms with Crippen molar-refractivity contribution < 1.29 is 5.11 Å². The van der Waals surface area contributed by atoms with Crippen LogP contribution in [0.25, 0.3) is 0 Å². The van der Waals surface area contributed by atoms with Gasteiger partial charge >= 0.3 is 0 Å². The average Bonchev–Trinajstić information content (AvgIpc) is 2.16. The van der Waals surface area contributed by atoms with Crippen molar-refractivity contribution in [1.29, 1.82) is 0 Å². The summed E-state index contributed by atoms with van der Waals surface area (Å²) in [5.74, 6) is 0. The second-order valence-electron chi connectivity index (χ2n) is 4.38. The molecule has 0 aromatic carbocycles. The quantitative estimate of drug-likeness (QED) is 0.661. The Morgan fingerprint density at radius 2 is 1.86 bits per heavy atom. The highest BCUT2D eigenvalue weighted by Gasteiger charge is 2.23. The molecule has 0 bridgehead atoms. The highest BCUT2D eigenvalue weighted by Crippen LogP contribution is 2.19. The molecule has 1 heterocycles. The summed E-state index contributed by atoms with van der Waals surface area (Å²) in [4.78, 5) is 0. The van der Waals surface area contributed by atoms with Crippen LogP contribution in [-0.4, -0.2) is 35.4 Å². The fourth-order valence-electron chi connectivity index (χ4n) is 2.18. The number of nitrogens with one attached hydrogen (secondary N) is 1. The Labute approximate surface area is 87.5 Å². The van der Waals surface area contributed by atoms with Crippen molar-refractivity contribution in [3.63, 3.8) is 0 Å². The summed E-state index contributed by atoms with van der Waals surface area (Å²) in [6, 6.07) is 1.32. The van der Waals surface area contributed by atoms with Crippen LogP contribution in [0.4, 0.5) is 0 Å². The molecule has 0 spiro atoms. The first-order valence-electron chi connectivity index (χ1n) is 5.88. The predicted molar refractivity (Wildman–Crippen MR) is 58.9 cm³/mol. The lowest BCUT2D eigenvalue weighted by molar-refractivity contribution is 0.0455. The van der Waals surface area contributed by atoms with Gasteiger partial charge in [0.2, 0.25) is 0 Å². The molecule has 0 radical (unpaired) electrons. The molecule has 1 aliphatic heterocycles. The van der Waals surface area contributed by atoms with Gasteiger partial charge in [0.05, 0.1) is 0 Å². The Bertz CT molecular complexity index is 142. The van der Waals surface area contributed by atoms with Gasteiger partial charge in [-0.3, -0.25) is 5.43 Å². The van der Waals surface area contributed by atoms with Crippen molar-refractivity contribution in [3.05, 3.63) is 0 Å². The fraction of sp³-hybridized carbons (Fsp3) is 1.00. The number of nitrogens with zero attached hydrogens (tertiary/aromatic N) is 1. The number of hydrogen-bond acceptors (Lipinski definition) is 3. The minimum absolute atomic E-state index is 0.312. The van der Waals surface area contributed by atoms with Gasteiger partial charge in [0, 0.05) is 25.2 Å². The molecule has 3 heteroatoms. The molecule has 14 heavy (non-hydrogen) atoms. The van der Waals surface area contributed by atoms with Gasteiger partial charge in [0.15, 0.2) is 0 Å². The molecule has 1 fully saturated rings. The SMILES string of the molecule is CC1CCCC(C)N1NCCCCO. The van der Waals surface area contributed by atoms with Crippen LogP contribution in [0, 0.1) is 0 Å². The van der Waals surface area contributed by atoms with E-state index < -0.39 is 0 Å². The maximum atomic E-state index is 8.67. The lowest BCUT2D eigenvalue weighted by Gasteiger charge is -2.39. The standard InChI is InChI=1S/C11H24N2O/c1-10-6-5-7-11(2)13(10)12-8-3-4-9-14/h10-12,14H,3-9H2,1-2H3. The van der Waals surface area contributed by atoms with Gasteiger partial charge in [0.1, 0.15) is 0 Å². The number of aliphatic hydroxyl groups is 1. The maximum Gasteiger partial charge on any atom is 0.0431 e. The third-order valence-electron chi connectivity index (χ3n) is 3.07. The Morgan fingerprint density at radius 1 is 1.21 bits per heavy atom. The Morgan fingerprint density at radius 3 is 2.43 bits per heavy atom. The van der Waals surface area contributed by atoms with E-state index in [1.807, 2.05) is 0 Å². The third kappa shape index (κ3) is 3.56. The topological polar surface area (TPSA) is 35.5 Å². The van der Waals surface area contributed by atoms with Crippen LogP contribution in [0.1, 0.15) is 46.0 Å². The van der Waals surface area contributed by atoms with Crippen molar-refractivity contribution in [2.75, 3.05) is 13.2 Å². The van der Waals surface area contributed by atoms with Crippen molar-refractivity contribution in [1.82, 2.24) is 10.4 Å². The van der Waals surface area contributed by atoms with E-state index in [4.69, 9.17) is 5.11 Å². The number of unbranched alkanes of at least 4 members (excludes halogenated alkanes) is 1. The summed E-state index contributed by atoms with van der Waals surface area (Å²) in [7, 11) is 0. The highest BCUT2D eigenvalue weighted by atomic mass is 16.2. The second-order valence-corrected chi connectivity index (χ2v) is 4.38. The lowest BCUT2D eigenvalue weighted by atomic mass is 10.00. The van der Waals surface area contributed by atoms with Crippen molar-refractivity contribution >= 4 is 0 Å². The summed E-state index contributed by atoms with van der Waals surface area (Å²) in [5, 5.41) is 11.1. The van der Waals surface area contributed by atoms with E-state index in [2.05, 4.69) is 24.3 Å². The monoisotopic (exact) mass is 200 g/mol. The molecular formula is C11H24N2O. The Balaban J connectivity index is 2.19. The third-order valence-corrected chi connectivity index (χ3v) is 3.07. The largest absolute Gasteiger partial charge is 0.396 e. The molecule has 3 nitrogen and oxygen atoms in total. The number of aliphatic hydroxyl groups excluding tert-OH is 1. The number of hydrogen-bond donors (Lipinski definition) is 2. The predicted octanol–water partition coefficient (Wildman–Crippen LogP) is 1.53. The first kappa shape index (κ1) is 12.0. The first-order valence-corrected chi connectivity index (χ1v) is 5.88. The molecule has 1 rings (SSSR count). The van der Waals surface area contributed by atoms with Crippen LogP contribution < -0.4 is 5.43 Å². The number of hydrazine groups is 1.